The van der Waals surface area contributed by atoms with Gasteiger partial charge >= 0.3 is 19.8 Å². The third kappa shape index (κ3) is 33.6. The molecule has 0 aliphatic heterocycles. The highest BCUT2D eigenvalue weighted by atomic mass is 31.2. The Balaban J connectivity index is 4.18. The summed E-state index contributed by atoms with van der Waals surface area (Å²) in [5.41, 5.74) is 0. The summed E-state index contributed by atoms with van der Waals surface area (Å²) in [6.07, 6.45) is 41.3. The monoisotopic (exact) mass is 694 g/mol. The number of carbonyl (C=O) groups is 2. The van der Waals surface area contributed by atoms with Gasteiger partial charge in [-0.15, -0.1) is 0 Å². The lowest BCUT2D eigenvalue weighted by Gasteiger charge is -2.19. The molecular weight excluding hydrogens is 627 g/mol. The molecule has 9 heteroatoms. The van der Waals surface area contributed by atoms with Gasteiger partial charge in [-0.3, -0.25) is 18.6 Å². The first-order valence-electron chi connectivity index (χ1n) is 18.5. The van der Waals surface area contributed by atoms with Gasteiger partial charge in [0.1, 0.15) is 6.61 Å². The fourth-order valence-corrected chi connectivity index (χ4v) is 5.10. The van der Waals surface area contributed by atoms with Gasteiger partial charge in [0.25, 0.3) is 0 Å². The van der Waals surface area contributed by atoms with Crippen LogP contribution in [-0.4, -0.2) is 43.3 Å². The molecule has 0 bridgehead atoms. The van der Waals surface area contributed by atoms with Crippen LogP contribution in [0.25, 0.3) is 0 Å². The molecule has 0 amide bonds. The number of phosphoric ester groups is 1. The molecule has 0 saturated heterocycles. The standard InChI is InChI=1S/C39H67O8P/c1-4-6-8-10-12-14-16-18-20-22-24-26-28-30-32-34-39(41)47-37(36-46-48(42,43)44-3)35-45-38(40)33-31-29-27-25-23-21-19-17-15-13-11-9-7-5-2/h6,8,12,14,17-20,24,26,37H,4-5,7,9-11,13,15-16,21-23,25,27-36H2,1-3H3,(H,42,43)/b8-6-,14-12-,19-17-,20-18-,26-24-. The zero-order valence-electron chi connectivity index (χ0n) is 30.4. The molecule has 0 aromatic rings. The zero-order valence-corrected chi connectivity index (χ0v) is 31.3. The number of hydrogen-bond donors (Lipinski definition) is 1. The van der Waals surface area contributed by atoms with Crippen LogP contribution >= 0.6 is 7.82 Å². The van der Waals surface area contributed by atoms with Crippen LogP contribution in [0.1, 0.15) is 149 Å². The predicted octanol–water partition coefficient (Wildman–Crippen LogP) is 11.2. The van der Waals surface area contributed by atoms with E-state index in [1.54, 1.807) is 0 Å². The van der Waals surface area contributed by atoms with Crippen molar-refractivity contribution in [2.75, 3.05) is 20.3 Å². The first-order valence-corrected chi connectivity index (χ1v) is 20.0. The van der Waals surface area contributed by atoms with Crippen molar-refractivity contribution in [2.45, 2.75) is 155 Å². The zero-order chi connectivity index (χ0) is 35.4. The molecule has 0 radical (unpaired) electrons. The molecule has 0 rings (SSSR count). The van der Waals surface area contributed by atoms with E-state index in [0.717, 1.165) is 84.2 Å². The Morgan fingerprint density at radius 1 is 0.604 bits per heavy atom. The molecule has 0 aliphatic carbocycles. The first kappa shape index (κ1) is 45.8. The smallest absolute Gasteiger partial charge is 0.462 e. The van der Waals surface area contributed by atoms with Gasteiger partial charge in [-0.25, -0.2) is 4.57 Å². The van der Waals surface area contributed by atoms with E-state index in [1.165, 1.54) is 38.5 Å². The van der Waals surface area contributed by atoms with Crippen LogP contribution in [0.4, 0.5) is 0 Å². The molecule has 0 spiro atoms. The second-order valence-corrected chi connectivity index (χ2v) is 13.5. The highest BCUT2D eigenvalue weighted by molar-refractivity contribution is 7.47. The van der Waals surface area contributed by atoms with E-state index in [0.29, 0.717) is 6.42 Å². The van der Waals surface area contributed by atoms with E-state index < -0.39 is 32.5 Å². The molecule has 0 aromatic heterocycles. The first-order chi connectivity index (χ1) is 23.3. The fourth-order valence-electron chi connectivity index (χ4n) is 4.64. The van der Waals surface area contributed by atoms with Crippen molar-refractivity contribution in [1.82, 2.24) is 0 Å². The number of hydrogen-bond acceptors (Lipinski definition) is 7. The van der Waals surface area contributed by atoms with Crippen LogP contribution in [0.15, 0.2) is 60.8 Å². The minimum atomic E-state index is -4.27. The summed E-state index contributed by atoms with van der Waals surface area (Å²) in [6, 6.07) is 0. The lowest BCUT2D eigenvalue weighted by molar-refractivity contribution is -0.161. The molecule has 2 unspecified atom stereocenters. The van der Waals surface area contributed by atoms with Crippen LogP contribution < -0.4 is 0 Å². The number of ether oxygens (including phenoxy) is 2. The second kappa shape index (κ2) is 34.6. The predicted molar refractivity (Wildman–Crippen MR) is 198 cm³/mol. The minimum absolute atomic E-state index is 0.188. The van der Waals surface area contributed by atoms with Crippen molar-refractivity contribution in [1.29, 1.82) is 0 Å². The Labute approximate surface area is 292 Å². The molecule has 0 aliphatic rings. The lowest BCUT2D eigenvalue weighted by Crippen LogP contribution is -2.29. The van der Waals surface area contributed by atoms with Crippen molar-refractivity contribution in [2.24, 2.45) is 0 Å². The maximum absolute atomic E-state index is 12.4. The molecule has 0 heterocycles. The second-order valence-electron chi connectivity index (χ2n) is 12.0. The van der Waals surface area contributed by atoms with Gasteiger partial charge in [0.05, 0.1) is 6.61 Å². The van der Waals surface area contributed by atoms with Crippen molar-refractivity contribution in [3.05, 3.63) is 60.8 Å². The molecule has 0 fully saturated rings. The molecule has 1 N–H and O–H groups in total. The average Bonchev–Trinajstić information content (AvgIpc) is 3.07. The van der Waals surface area contributed by atoms with Crippen molar-refractivity contribution >= 4 is 19.8 Å². The van der Waals surface area contributed by atoms with Gasteiger partial charge in [0.2, 0.25) is 0 Å². The Hall–Kier alpha value is -2.25. The number of esters is 2. The Morgan fingerprint density at radius 3 is 1.65 bits per heavy atom. The highest BCUT2D eigenvalue weighted by Gasteiger charge is 2.24. The van der Waals surface area contributed by atoms with E-state index >= 15 is 0 Å². The summed E-state index contributed by atoms with van der Waals surface area (Å²) >= 11 is 0. The number of allylic oxidation sites excluding steroid dienone is 10. The maximum Gasteiger partial charge on any atom is 0.472 e. The Bertz CT molecular complexity index is 969. The average molecular weight is 695 g/mol. The van der Waals surface area contributed by atoms with Gasteiger partial charge in [0, 0.05) is 20.0 Å². The summed E-state index contributed by atoms with van der Waals surface area (Å²) in [4.78, 5) is 34.3. The van der Waals surface area contributed by atoms with Crippen LogP contribution in [-0.2, 0) is 32.7 Å². The van der Waals surface area contributed by atoms with Crippen LogP contribution in [0.5, 0.6) is 0 Å². The Kier molecular flexibility index (Phi) is 33.0. The molecule has 0 aromatic carbocycles. The summed E-state index contributed by atoms with van der Waals surface area (Å²) in [5.74, 6) is -0.869. The fraction of sp³-hybridized carbons (Fsp3) is 0.692. The van der Waals surface area contributed by atoms with E-state index in [4.69, 9.17) is 14.0 Å². The number of unbranched alkanes of at least 4 members (excludes halogenated alkanes) is 12. The van der Waals surface area contributed by atoms with Gasteiger partial charge < -0.3 is 14.4 Å². The Morgan fingerprint density at radius 2 is 1.06 bits per heavy atom. The summed E-state index contributed by atoms with van der Waals surface area (Å²) in [7, 11) is -3.22. The van der Waals surface area contributed by atoms with E-state index in [-0.39, 0.29) is 19.4 Å². The lowest BCUT2D eigenvalue weighted by atomic mass is 10.1. The number of carbonyl (C=O) groups excluding carboxylic acids is 2. The maximum atomic E-state index is 12.4. The van der Waals surface area contributed by atoms with Crippen LogP contribution in [0, 0.1) is 0 Å². The quantitative estimate of drug-likeness (QED) is 0.0313. The van der Waals surface area contributed by atoms with Crippen LogP contribution in [0.2, 0.25) is 0 Å². The molecule has 48 heavy (non-hydrogen) atoms. The van der Waals surface area contributed by atoms with Gasteiger partial charge in [-0.2, -0.15) is 0 Å². The van der Waals surface area contributed by atoms with E-state index in [1.807, 2.05) is 0 Å². The van der Waals surface area contributed by atoms with Gasteiger partial charge in [-0.1, -0.05) is 120 Å². The SMILES string of the molecule is CC/C=C\C/C=C\C/C=C\C/C=C\CCCCC(=O)OC(COC(=O)CCCCCCC/C=C\CCCCCCC)COP(=O)(O)OC. The molecule has 2 atom stereocenters. The van der Waals surface area contributed by atoms with Crippen molar-refractivity contribution in [3.8, 4) is 0 Å². The van der Waals surface area contributed by atoms with Crippen molar-refractivity contribution < 1.29 is 37.6 Å². The summed E-state index contributed by atoms with van der Waals surface area (Å²) in [6.45, 7) is 3.70. The van der Waals surface area contributed by atoms with Gasteiger partial charge in [0.15, 0.2) is 6.10 Å². The van der Waals surface area contributed by atoms with E-state index in [2.05, 4.69) is 79.1 Å². The molecular formula is C39H67O8P. The summed E-state index contributed by atoms with van der Waals surface area (Å²) < 4.78 is 31.8. The van der Waals surface area contributed by atoms with Crippen LogP contribution in [0.3, 0.4) is 0 Å². The third-order valence-electron chi connectivity index (χ3n) is 7.50. The largest absolute Gasteiger partial charge is 0.472 e. The van der Waals surface area contributed by atoms with Gasteiger partial charge in [-0.05, 0) is 77.0 Å². The topological polar surface area (TPSA) is 108 Å². The molecule has 8 nitrogen and oxygen atoms in total. The van der Waals surface area contributed by atoms with Crippen molar-refractivity contribution in [3.63, 3.8) is 0 Å². The highest BCUT2D eigenvalue weighted by Crippen LogP contribution is 2.42. The molecule has 0 saturated carbocycles. The van der Waals surface area contributed by atoms with E-state index in [9.17, 15) is 19.0 Å². The normalized spacial score (nSPS) is 14.2. The minimum Gasteiger partial charge on any atom is -0.462 e. The third-order valence-corrected chi connectivity index (χ3v) is 8.43. The molecule has 276 valence electrons. The number of phosphoric acid groups is 1. The number of rotatable bonds is 33. The summed E-state index contributed by atoms with van der Waals surface area (Å²) in [5, 5.41) is 0.